The van der Waals surface area contributed by atoms with Crippen molar-refractivity contribution in [3.63, 3.8) is 0 Å². The van der Waals surface area contributed by atoms with Crippen molar-refractivity contribution in [2.45, 2.75) is 30.1 Å². The van der Waals surface area contributed by atoms with Crippen LogP contribution in [0.5, 0.6) is 11.5 Å². The number of hydrogen-bond donors (Lipinski definition) is 0. The molecule has 0 saturated carbocycles. The first-order valence-corrected chi connectivity index (χ1v) is 9.32. The van der Waals surface area contributed by atoms with Gasteiger partial charge in [-0.15, -0.1) is 11.8 Å². The number of rotatable bonds is 5. The van der Waals surface area contributed by atoms with Gasteiger partial charge in [0.25, 0.3) is 5.91 Å². The monoisotopic (exact) mass is 357 g/mol. The van der Waals surface area contributed by atoms with Gasteiger partial charge in [-0.05, 0) is 24.3 Å². The van der Waals surface area contributed by atoms with Crippen LogP contribution in [0.4, 0.5) is 0 Å². The summed E-state index contributed by atoms with van der Waals surface area (Å²) in [4.78, 5) is 15.6. The number of fused-ring (bicyclic) bond motifs is 1. The van der Waals surface area contributed by atoms with E-state index in [9.17, 15) is 4.79 Å². The quantitative estimate of drug-likeness (QED) is 0.755. The number of carbonyl (C=O) groups is 1. The Hall–Kier alpha value is -2.14. The highest BCUT2D eigenvalue weighted by Gasteiger charge is 2.25. The molecule has 0 aliphatic carbocycles. The predicted molar refractivity (Wildman–Crippen MR) is 101 cm³/mol. The van der Waals surface area contributed by atoms with Gasteiger partial charge in [-0.25, -0.2) is 0 Å². The fourth-order valence-corrected chi connectivity index (χ4v) is 3.69. The molecule has 5 heteroatoms. The topological polar surface area (TPSA) is 38.8 Å². The van der Waals surface area contributed by atoms with Crippen molar-refractivity contribution >= 4 is 17.7 Å². The fraction of sp³-hybridized carbons (Fsp3) is 0.350. The number of benzene rings is 2. The maximum atomic E-state index is 12.9. The molecule has 4 nitrogen and oxygen atoms in total. The van der Waals surface area contributed by atoms with Crippen LogP contribution in [0.2, 0.25) is 0 Å². The lowest BCUT2D eigenvalue weighted by Crippen LogP contribution is -2.41. The Morgan fingerprint density at radius 2 is 1.84 bits per heavy atom. The molecule has 1 unspecified atom stereocenters. The van der Waals surface area contributed by atoms with Gasteiger partial charge in [0, 0.05) is 17.2 Å². The number of likely N-dealkylation sites (N-methyl/N-ethyl adjacent to an activating group) is 1. The summed E-state index contributed by atoms with van der Waals surface area (Å²) < 4.78 is 11.7. The minimum absolute atomic E-state index is 0.00575. The maximum Gasteiger partial charge on any atom is 0.254 e. The third kappa shape index (κ3) is 4.28. The molecule has 25 heavy (non-hydrogen) atoms. The van der Waals surface area contributed by atoms with Gasteiger partial charge in [0.1, 0.15) is 6.61 Å². The molecule has 1 aliphatic rings. The lowest BCUT2D eigenvalue weighted by Gasteiger charge is -2.30. The lowest BCUT2D eigenvalue weighted by atomic mass is 10.2. The van der Waals surface area contributed by atoms with Gasteiger partial charge in [0.15, 0.2) is 17.6 Å². The molecule has 0 radical (unpaired) electrons. The van der Waals surface area contributed by atoms with Crippen molar-refractivity contribution in [3.8, 4) is 11.5 Å². The molecule has 0 bridgehead atoms. The van der Waals surface area contributed by atoms with Crippen LogP contribution >= 0.6 is 11.8 Å². The van der Waals surface area contributed by atoms with Crippen molar-refractivity contribution in [2.24, 2.45) is 0 Å². The number of thioether (sulfide) groups is 1. The third-order valence-electron chi connectivity index (χ3n) is 3.87. The highest BCUT2D eigenvalue weighted by molar-refractivity contribution is 8.00. The summed E-state index contributed by atoms with van der Waals surface area (Å²) in [5.41, 5.74) is 0.737. The number of amides is 1. The summed E-state index contributed by atoms with van der Waals surface area (Å²) in [7, 11) is 1.81. The predicted octanol–water partition coefficient (Wildman–Crippen LogP) is 4.10. The van der Waals surface area contributed by atoms with Crippen LogP contribution in [0, 0.1) is 0 Å². The Balaban J connectivity index is 1.68. The Bertz CT molecular complexity index is 747. The van der Waals surface area contributed by atoms with E-state index < -0.39 is 0 Å². The first-order chi connectivity index (χ1) is 12.0. The van der Waals surface area contributed by atoms with Gasteiger partial charge in [-0.3, -0.25) is 4.79 Å². The molecule has 1 atom stereocenters. The second-order valence-electron chi connectivity index (χ2n) is 6.35. The van der Waals surface area contributed by atoms with E-state index in [0.717, 1.165) is 22.0 Å². The molecular weight excluding hydrogens is 334 g/mol. The SMILES string of the molecule is CC(C)Sc1ccccc1C(=O)N(C)CC1COc2ccccc2O1. The zero-order valence-electron chi connectivity index (χ0n) is 14.8. The van der Waals surface area contributed by atoms with E-state index in [4.69, 9.17) is 9.47 Å². The molecule has 0 N–H and O–H groups in total. The molecule has 0 aromatic heterocycles. The molecule has 132 valence electrons. The van der Waals surface area contributed by atoms with Crippen molar-refractivity contribution in [3.05, 3.63) is 54.1 Å². The molecule has 0 saturated heterocycles. The number of nitrogens with zero attached hydrogens (tertiary/aromatic N) is 1. The molecular formula is C20H23NO3S. The minimum Gasteiger partial charge on any atom is -0.486 e. The van der Waals surface area contributed by atoms with Gasteiger partial charge in [-0.1, -0.05) is 38.1 Å². The van der Waals surface area contributed by atoms with Gasteiger partial charge in [0.05, 0.1) is 12.1 Å². The Morgan fingerprint density at radius 1 is 1.16 bits per heavy atom. The zero-order chi connectivity index (χ0) is 17.8. The van der Waals surface area contributed by atoms with Crippen LogP contribution in [0.1, 0.15) is 24.2 Å². The van der Waals surface area contributed by atoms with Crippen LogP contribution in [-0.4, -0.2) is 42.4 Å². The lowest BCUT2D eigenvalue weighted by molar-refractivity contribution is 0.0519. The van der Waals surface area contributed by atoms with Crippen LogP contribution in [0.3, 0.4) is 0 Å². The maximum absolute atomic E-state index is 12.9. The molecule has 0 fully saturated rings. The molecule has 1 aliphatic heterocycles. The molecule has 3 rings (SSSR count). The molecule has 2 aromatic carbocycles. The van der Waals surface area contributed by atoms with E-state index in [0.29, 0.717) is 18.4 Å². The molecule has 1 heterocycles. The Morgan fingerprint density at radius 3 is 2.60 bits per heavy atom. The largest absolute Gasteiger partial charge is 0.486 e. The van der Waals surface area contributed by atoms with Crippen molar-refractivity contribution in [1.82, 2.24) is 4.90 Å². The highest BCUT2D eigenvalue weighted by atomic mass is 32.2. The standard InChI is InChI=1S/C20H23NO3S/c1-14(2)25-19-11-7-4-8-16(19)20(22)21(3)12-15-13-23-17-9-5-6-10-18(17)24-15/h4-11,14-15H,12-13H2,1-3H3. The van der Waals surface area contributed by atoms with Crippen molar-refractivity contribution in [2.75, 3.05) is 20.2 Å². The number of hydrogen-bond acceptors (Lipinski definition) is 4. The minimum atomic E-state index is -0.172. The van der Waals surface area contributed by atoms with E-state index in [1.807, 2.05) is 55.6 Å². The van der Waals surface area contributed by atoms with Gasteiger partial charge in [0.2, 0.25) is 0 Å². The van der Waals surface area contributed by atoms with Crippen molar-refractivity contribution in [1.29, 1.82) is 0 Å². The summed E-state index contributed by atoms with van der Waals surface area (Å²) in [6, 6.07) is 15.4. The van der Waals surface area contributed by atoms with E-state index in [-0.39, 0.29) is 12.0 Å². The second kappa shape index (κ2) is 7.83. The average Bonchev–Trinajstić information content (AvgIpc) is 2.61. The summed E-state index contributed by atoms with van der Waals surface area (Å²) in [5.74, 6) is 1.49. The van der Waals surface area contributed by atoms with Gasteiger partial charge in [-0.2, -0.15) is 0 Å². The Kier molecular flexibility index (Phi) is 5.53. The van der Waals surface area contributed by atoms with E-state index in [2.05, 4.69) is 13.8 Å². The summed E-state index contributed by atoms with van der Waals surface area (Å²) in [6.45, 7) is 5.17. The van der Waals surface area contributed by atoms with E-state index >= 15 is 0 Å². The third-order valence-corrected chi connectivity index (χ3v) is 4.95. The first-order valence-electron chi connectivity index (χ1n) is 8.44. The van der Waals surface area contributed by atoms with Gasteiger partial charge < -0.3 is 14.4 Å². The first kappa shape index (κ1) is 17.7. The summed E-state index contributed by atoms with van der Waals surface area (Å²) >= 11 is 1.70. The molecule has 1 amide bonds. The number of carbonyl (C=O) groups excluding carboxylic acids is 1. The van der Waals surface area contributed by atoms with Crippen LogP contribution in [0.25, 0.3) is 0 Å². The molecule has 2 aromatic rings. The number of para-hydroxylation sites is 2. The van der Waals surface area contributed by atoms with Crippen molar-refractivity contribution < 1.29 is 14.3 Å². The van der Waals surface area contributed by atoms with Crippen LogP contribution < -0.4 is 9.47 Å². The zero-order valence-corrected chi connectivity index (χ0v) is 15.6. The number of ether oxygens (including phenoxy) is 2. The van der Waals surface area contributed by atoms with Gasteiger partial charge >= 0.3 is 0 Å². The summed E-state index contributed by atoms with van der Waals surface area (Å²) in [5, 5.41) is 0.422. The molecule has 0 spiro atoms. The average molecular weight is 357 g/mol. The summed E-state index contributed by atoms with van der Waals surface area (Å²) in [6.07, 6.45) is -0.172. The second-order valence-corrected chi connectivity index (χ2v) is 7.96. The van der Waals surface area contributed by atoms with Crippen LogP contribution in [0.15, 0.2) is 53.4 Å². The fourth-order valence-electron chi connectivity index (χ4n) is 2.75. The van der Waals surface area contributed by atoms with Crippen LogP contribution in [-0.2, 0) is 0 Å². The normalized spacial score (nSPS) is 15.9. The van der Waals surface area contributed by atoms with E-state index in [1.165, 1.54) is 0 Å². The smallest absolute Gasteiger partial charge is 0.254 e. The van der Waals surface area contributed by atoms with E-state index in [1.54, 1.807) is 16.7 Å². The Labute approximate surface area is 153 Å². The highest BCUT2D eigenvalue weighted by Crippen LogP contribution is 2.31.